The molecule has 2 amide bonds. The third kappa shape index (κ3) is 7.97. The number of sulfone groups is 1. The van der Waals surface area contributed by atoms with E-state index < -0.39 is 33.6 Å². The highest BCUT2D eigenvalue weighted by atomic mass is 32.2. The van der Waals surface area contributed by atoms with Crippen molar-refractivity contribution in [3.05, 3.63) is 83.4 Å². The zero-order chi connectivity index (χ0) is 27.9. The van der Waals surface area contributed by atoms with Crippen LogP contribution in [0.5, 0.6) is 5.75 Å². The van der Waals surface area contributed by atoms with E-state index in [2.05, 4.69) is 10.6 Å². The topological polar surface area (TPSA) is 111 Å². The molecule has 0 fully saturated rings. The Labute approximate surface area is 217 Å². The lowest BCUT2D eigenvalue weighted by Crippen LogP contribution is -2.20. The van der Waals surface area contributed by atoms with Gasteiger partial charge in [-0.2, -0.15) is 13.2 Å². The Morgan fingerprint density at radius 2 is 1.58 bits per heavy atom. The summed E-state index contributed by atoms with van der Waals surface area (Å²) >= 11 is 0. The van der Waals surface area contributed by atoms with Crippen molar-refractivity contribution in [3.63, 3.8) is 0 Å². The largest absolute Gasteiger partial charge is 0.482 e. The molecule has 2 N–H and O–H groups in total. The van der Waals surface area contributed by atoms with Gasteiger partial charge in [0.15, 0.2) is 16.4 Å². The smallest absolute Gasteiger partial charge is 0.416 e. The molecule has 3 aromatic carbocycles. The molecule has 0 bridgehead atoms. The van der Waals surface area contributed by atoms with E-state index in [4.69, 9.17) is 9.47 Å². The minimum absolute atomic E-state index is 0.0167. The Bertz CT molecular complexity index is 1410. The first-order chi connectivity index (χ1) is 17.9. The van der Waals surface area contributed by atoms with Crippen LogP contribution >= 0.6 is 0 Å². The number of ether oxygens (including phenoxy) is 2. The number of urea groups is 1. The fourth-order valence-corrected chi connectivity index (χ4v) is 5.06. The molecule has 202 valence electrons. The molecule has 12 heteroatoms. The molecule has 3 aromatic rings. The molecule has 0 aliphatic carbocycles. The fraction of sp³-hybridized carbons (Fsp3) is 0.231. The second-order valence-electron chi connectivity index (χ2n) is 8.13. The number of esters is 1. The summed E-state index contributed by atoms with van der Waals surface area (Å²) in [5, 5.41) is 4.75. The lowest BCUT2D eigenvalue weighted by atomic mass is 10.2. The molecule has 0 heterocycles. The SMILES string of the molecule is CCOC(=O)COc1ccc(CS(=O)(=O)c2cc(NC(=O)Nc3cccc(C(F)(F)F)c3)ccc2C)cc1. The van der Waals surface area contributed by atoms with Gasteiger partial charge in [-0.25, -0.2) is 18.0 Å². The molecule has 0 aromatic heterocycles. The average molecular weight is 551 g/mol. The minimum Gasteiger partial charge on any atom is -0.482 e. The standard InChI is InChI=1S/C26H25F3N2O6S/c1-3-36-24(32)15-37-22-11-8-18(9-12-22)16-38(34,35)23-14-21(10-7-17(23)2)31-25(33)30-20-6-4-5-19(13-20)26(27,28)29/h4-14H,3,15-16H2,1-2H3,(H2,30,31,33). The number of aryl methyl sites for hydroxylation is 1. The number of amides is 2. The van der Waals surface area contributed by atoms with E-state index in [1.165, 1.54) is 36.4 Å². The number of hydrogen-bond donors (Lipinski definition) is 2. The molecule has 0 saturated carbocycles. The molecule has 0 spiro atoms. The molecule has 38 heavy (non-hydrogen) atoms. The van der Waals surface area contributed by atoms with Gasteiger partial charge in [0, 0.05) is 11.4 Å². The number of halogens is 3. The van der Waals surface area contributed by atoms with Crippen LogP contribution in [-0.2, 0) is 31.3 Å². The number of alkyl halides is 3. The van der Waals surface area contributed by atoms with Crippen LogP contribution < -0.4 is 15.4 Å². The summed E-state index contributed by atoms with van der Waals surface area (Å²) in [6.45, 7) is 3.24. The van der Waals surface area contributed by atoms with Gasteiger partial charge >= 0.3 is 18.2 Å². The summed E-state index contributed by atoms with van der Waals surface area (Å²) < 4.78 is 75.0. The van der Waals surface area contributed by atoms with Gasteiger partial charge in [-0.05, 0) is 67.4 Å². The first-order valence-electron chi connectivity index (χ1n) is 11.3. The van der Waals surface area contributed by atoms with Crippen LogP contribution in [-0.4, -0.2) is 33.6 Å². The second-order valence-corrected chi connectivity index (χ2v) is 10.1. The van der Waals surface area contributed by atoms with Crippen LogP contribution in [0.25, 0.3) is 0 Å². The van der Waals surface area contributed by atoms with E-state index in [1.807, 2.05) is 0 Å². The molecular formula is C26H25F3N2O6S. The van der Waals surface area contributed by atoms with Crippen molar-refractivity contribution in [2.75, 3.05) is 23.8 Å². The first-order valence-corrected chi connectivity index (χ1v) is 13.0. The van der Waals surface area contributed by atoms with Crippen LogP contribution in [0.3, 0.4) is 0 Å². The van der Waals surface area contributed by atoms with Crippen LogP contribution in [0.2, 0.25) is 0 Å². The summed E-state index contributed by atoms with van der Waals surface area (Å²) in [6.07, 6.45) is -4.57. The normalized spacial score (nSPS) is 11.5. The Morgan fingerprint density at radius 1 is 0.921 bits per heavy atom. The Morgan fingerprint density at radius 3 is 2.21 bits per heavy atom. The summed E-state index contributed by atoms with van der Waals surface area (Å²) in [5.41, 5.74) is 0.0581. The van der Waals surface area contributed by atoms with Crippen LogP contribution in [0.15, 0.2) is 71.6 Å². The maximum atomic E-state index is 13.1. The van der Waals surface area contributed by atoms with E-state index in [1.54, 1.807) is 26.0 Å². The van der Waals surface area contributed by atoms with Crippen LogP contribution in [0, 0.1) is 6.92 Å². The quantitative estimate of drug-likeness (QED) is 0.337. The zero-order valence-corrected chi connectivity index (χ0v) is 21.3. The highest BCUT2D eigenvalue weighted by Crippen LogP contribution is 2.31. The van der Waals surface area contributed by atoms with E-state index in [0.29, 0.717) is 16.9 Å². The Hall–Kier alpha value is -4.06. The third-order valence-corrected chi connectivity index (χ3v) is 6.99. The highest BCUT2D eigenvalue weighted by molar-refractivity contribution is 7.90. The number of carbonyl (C=O) groups excluding carboxylic acids is 2. The first kappa shape index (κ1) is 28.5. The number of nitrogens with one attached hydrogen (secondary N) is 2. The van der Waals surface area contributed by atoms with Crippen molar-refractivity contribution in [1.82, 2.24) is 0 Å². The van der Waals surface area contributed by atoms with E-state index in [0.717, 1.165) is 18.2 Å². The van der Waals surface area contributed by atoms with Gasteiger partial charge in [0.05, 0.1) is 22.8 Å². The van der Waals surface area contributed by atoms with Crippen molar-refractivity contribution < 1.29 is 40.7 Å². The predicted molar refractivity (Wildman–Crippen MR) is 135 cm³/mol. The van der Waals surface area contributed by atoms with Crippen molar-refractivity contribution in [2.24, 2.45) is 0 Å². The molecule has 0 aliphatic rings. The van der Waals surface area contributed by atoms with Crippen molar-refractivity contribution in [3.8, 4) is 5.75 Å². The van der Waals surface area contributed by atoms with Gasteiger partial charge in [-0.1, -0.05) is 24.3 Å². The lowest BCUT2D eigenvalue weighted by Gasteiger charge is -2.13. The van der Waals surface area contributed by atoms with E-state index in [-0.39, 0.29) is 35.2 Å². The molecule has 0 atom stereocenters. The molecule has 3 rings (SSSR count). The summed E-state index contributed by atoms with van der Waals surface area (Å²) in [4.78, 5) is 23.7. The third-order valence-electron chi connectivity index (χ3n) is 5.17. The number of carbonyl (C=O) groups is 2. The highest BCUT2D eigenvalue weighted by Gasteiger charge is 2.30. The van der Waals surface area contributed by atoms with E-state index >= 15 is 0 Å². The monoisotopic (exact) mass is 550 g/mol. The lowest BCUT2D eigenvalue weighted by molar-refractivity contribution is -0.145. The maximum Gasteiger partial charge on any atom is 0.416 e. The average Bonchev–Trinajstić information content (AvgIpc) is 2.84. The molecule has 0 unspecified atom stereocenters. The Balaban J connectivity index is 1.68. The summed E-state index contributed by atoms with van der Waals surface area (Å²) in [7, 11) is -3.84. The van der Waals surface area contributed by atoms with Gasteiger partial charge in [0.1, 0.15) is 5.75 Å². The van der Waals surface area contributed by atoms with Crippen molar-refractivity contribution in [1.29, 1.82) is 0 Å². The summed E-state index contributed by atoms with van der Waals surface area (Å²) in [6, 6.07) is 13.7. The van der Waals surface area contributed by atoms with E-state index in [9.17, 15) is 31.2 Å². The number of anilines is 2. The summed E-state index contributed by atoms with van der Waals surface area (Å²) in [5.74, 6) is -0.494. The van der Waals surface area contributed by atoms with Crippen LogP contribution in [0.1, 0.15) is 23.6 Å². The number of rotatable bonds is 9. The maximum absolute atomic E-state index is 13.1. The number of benzene rings is 3. The second kappa shape index (κ2) is 12.0. The number of hydrogen-bond acceptors (Lipinski definition) is 6. The van der Waals surface area contributed by atoms with Crippen molar-refractivity contribution >= 4 is 33.2 Å². The van der Waals surface area contributed by atoms with Gasteiger partial charge in [0.25, 0.3) is 0 Å². The van der Waals surface area contributed by atoms with Gasteiger partial charge in [-0.15, -0.1) is 0 Å². The minimum atomic E-state index is -4.57. The fourth-order valence-electron chi connectivity index (χ4n) is 3.40. The van der Waals surface area contributed by atoms with Gasteiger partial charge in [-0.3, -0.25) is 0 Å². The predicted octanol–water partition coefficient (Wildman–Crippen LogP) is 5.57. The molecule has 0 saturated heterocycles. The zero-order valence-electron chi connectivity index (χ0n) is 20.5. The van der Waals surface area contributed by atoms with Gasteiger partial charge in [0.2, 0.25) is 0 Å². The van der Waals surface area contributed by atoms with Crippen molar-refractivity contribution in [2.45, 2.75) is 30.7 Å². The molecule has 0 radical (unpaired) electrons. The Kier molecular flexibility index (Phi) is 9.00. The van der Waals surface area contributed by atoms with Crippen LogP contribution in [0.4, 0.5) is 29.3 Å². The molecule has 0 aliphatic heterocycles. The van der Waals surface area contributed by atoms with Gasteiger partial charge < -0.3 is 20.1 Å². The molecular weight excluding hydrogens is 525 g/mol. The molecule has 8 nitrogen and oxygen atoms in total.